The van der Waals surface area contributed by atoms with Crippen LogP contribution in [0.15, 0.2) is 0 Å². The van der Waals surface area contributed by atoms with Gasteiger partial charge < -0.3 is 25.5 Å². The van der Waals surface area contributed by atoms with E-state index in [-0.39, 0.29) is 17.0 Å². The summed E-state index contributed by atoms with van der Waals surface area (Å²) >= 11 is 0. The zero-order chi connectivity index (χ0) is 16.3. The molecule has 4 aliphatic rings. The number of piperidine rings is 2. The third-order valence-corrected chi connectivity index (χ3v) is 5.97. The van der Waals surface area contributed by atoms with Gasteiger partial charge in [-0.15, -0.1) is 0 Å². The largest absolute Gasteiger partial charge is 0.394 e. The molecule has 4 bridgehead atoms. The van der Waals surface area contributed by atoms with E-state index in [1.54, 1.807) is 0 Å². The Morgan fingerprint density at radius 3 is 1.77 bits per heavy atom. The summed E-state index contributed by atoms with van der Waals surface area (Å²) in [4.78, 5) is 2.56. The van der Waals surface area contributed by atoms with E-state index in [9.17, 15) is 20.4 Å². The van der Waals surface area contributed by atoms with Crippen LogP contribution in [-0.4, -0.2) is 88.9 Å². The molecule has 0 aromatic heterocycles. The second-order valence-electron chi connectivity index (χ2n) is 8.52. The first-order chi connectivity index (χ1) is 10.2. The molecule has 0 radical (unpaired) electrons. The maximum Gasteiger partial charge on any atom is 0.242 e. The summed E-state index contributed by atoms with van der Waals surface area (Å²) in [6.45, 7) is 7.84. The van der Waals surface area contributed by atoms with Gasteiger partial charge in [-0.1, -0.05) is 0 Å². The molecule has 0 unspecified atom stereocenters. The van der Waals surface area contributed by atoms with Crippen LogP contribution >= 0.6 is 0 Å². The number of quaternary nitrogens is 2. The number of rotatable bonds is 5. The number of hydrogen-bond acceptors (Lipinski definition) is 5. The Kier molecular flexibility index (Phi) is 4.05. The van der Waals surface area contributed by atoms with Crippen molar-refractivity contribution >= 4 is 0 Å². The van der Waals surface area contributed by atoms with E-state index in [0.717, 1.165) is 26.2 Å². The van der Waals surface area contributed by atoms with Gasteiger partial charge in [0, 0.05) is 0 Å². The molecule has 0 spiro atoms. The quantitative estimate of drug-likeness (QED) is 0.275. The lowest BCUT2D eigenvalue weighted by molar-refractivity contribution is -1.18. The number of hydrogen-bond donors (Lipinski definition) is 7. The van der Waals surface area contributed by atoms with Crippen LogP contribution in [0.5, 0.6) is 0 Å². The Morgan fingerprint density at radius 1 is 0.909 bits per heavy atom. The van der Waals surface area contributed by atoms with Crippen LogP contribution in [0, 0.1) is 10.8 Å². The van der Waals surface area contributed by atoms with Crippen LogP contribution in [0.2, 0.25) is 0 Å². The second-order valence-corrected chi connectivity index (χ2v) is 8.52. The summed E-state index contributed by atoms with van der Waals surface area (Å²) in [6, 6.07) is 0. The Bertz CT molecular complexity index is 398. The molecule has 7 nitrogen and oxygen atoms in total. The molecule has 4 saturated heterocycles. The summed E-state index contributed by atoms with van der Waals surface area (Å²) in [5.74, 6) is 0. The van der Waals surface area contributed by atoms with E-state index in [1.807, 2.05) is 0 Å². The molecule has 4 heterocycles. The predicted molar refractivity (Wildman–Crippen MR) is 77.1 cm³/mol. The van der Waals surface area contributed by atoms with Crippen molar-refractivity contribution in [2.75, 3.05) is 32.8 Å². The lowest BCUT2D eigenvalue weighted by Gasteiger charge is -2.61. The third kappa shape index (κ3) is 2.58. The maximum absolute atomic E-state index is 10.6. The predicted octanol–water partition coefficient (Wildman–Crippen LogP) is -5.04. The van der Waals surface area contributed by atoms with E-state index in [4.69, 9.17) is 5.11 Å². The molecular formula is C15H30N2O5+2. The Balaban J connectivity index is 1.76. The van der Waals surface area contributed by atoms with Gasteiger partial charge >= 0.3 is 0 Å². The van der Waals surface area contributed by atoms with E-state index in [2.05, 4.69) is 13.8 Å². The fraction of sp³-hybridized carbons (Fsp3) is 1.00. The topological polar surface area (TPSA) is 110 Å². The van der Waals surface area contributed by atoms with Gasteiger partial charge in [0.25, 0.3) is 0 Å². The van der Waals surface area contributed by atoms with Gasteiger partial charge in [-0.2, -0.15) is 0 Å². The molecule has 7 heteroatoms. The van der Waals surface area contributed by atoms with Crippen LogP contribution in [0.1, 0.15) is 20.3 Å². The van der Waals surface area contributed by atoms with Crippen molar-refractivity contribution in [1.82, 2.24) is 0 Å². The Hall–Kier alpha value is -0.280. The lowest BCUT2D eigenvalue weighted by Crippen LogP contribution is -3.45. The SMILES string of the molecule is CC12C[NH+]3CC(C)(C[NH+](C1)C3[C@H](O)[C@H](O)[C@H](O)[C@H](O)CO)C2. The smallest absolute Gasteiger partial charge is 0.242 e. The van der Waals surface area contributed by atoms with E-state index >= 15 is 0 Å². The van der Waals surface area contributed by atoms with Crippen molar-refractivity contribution in [3.05, 3.63) is 0 Å². The summed E-state index contributed by atoms with van der Waals surface area (Å²) in [6.07, 6.45) is -4.52. The van der Waals surface area contributed by atoms with Crippen LogP contribution < -0.4 is 9.80 Å². The van der Waals surface area contributed by atoms with Gasteiger partial charge in [0.05, 0.1) is 43.6 Å². The van der Waals surface area contributed by atoms with Crippen molar-refractivity contribution in [1.29, 1.82) is 0 Å². The zero-order valence-electron chi connectivity index (χ0n) is 13.4. The molecule has 22 heavy (non-hydrogen) atoms. The van der Waals surface area contributed by atoms with Gasteiger partial charge in [-0.25, -0.2) is 0 Å². The van der Waals surface area contributed by atoms with Crippen LogP contribution in [-0.2, 0) is 0 Å². The van der Waals surface area contributed by atoms with Gasteiger partial charge in [0.15, 0.2) is 6.10 Å². The fourth-order valence-electron chi connectivity index (χ4n) is 5.67. The van der Waals surface area contributed by atoms with Crippen molar-refractivity contribution < 1.29 is 35.3 Å². The molecule has 0 aliphatic carbocycles. The lowest BCUT2D eigenvalue weighted by atomic mass is 9.63. The molecule has 0 saturated carbocycles. The molecule has 128 valence electrons. The Morgan fingerprint density at radius 2 is 1.36 bits per heavy atom. The summed E-state index contributed by atoms with van der Waals surface area (Å²) in [5.41, 5.74) is 0.556. The van der Waals surface area contributed by atoms with Crippen LogP contribution in [0.25, 0.3) is 0 Å². The first kappa shape index (κ1) is 16.6. The molecule has 0 amide bonds. The minimum atomic E-state index is -1.54. The van der Waals surface area contributed by atoms with Crippen molar-refractivity contribution in [2.45, 2.75) is 50.8 Å². The average molecular weight is 318 g/mol. The monoisotopic (exact) mass is 318 g/mol. The maximum atomic E-state index is 10.6. The number of nitrogens with one attached hydrogen (secondary N) is 2. The molecule has 4 aliphatic heterocycles. The first-order valence-corrected chi connectivity index (χ1v) is 8.20. The van der Waals surface area contributed by atoms with Gasteiger partial charge in [-0.3, -0.25) is 9.80 Å². The fourth-order valence-corrected chi connectivity index (χ4v) is 5.67. The highest BCUT2D eigenvalue weighted by molar-refractivity contribution is 4.94. The van der Waals surface area contributed by atoms with Crippen LogP contribution in [0.4, 0.5) is 0 Å². The Labute approximate surface area is 130 Å². The van der Waals surface area contributed by atoms with Gasteiger partial charge in [0.1, 0.15) is 18.3 Å². The van der Waals surface area contributed by atoms with Gasteiger partial charge in [0.2, 0.25) is 6.17 Å². The zero-order valence-corrected chi connectivity index (χ0v) is 13.4. The molecular weight excluding hydrogens is 288 g/mol. The minimum Gasteiger partial charge on any atom is -0.394 e. The normalized spacial score (nSPS) is 49.0. The van der Waals surface area contributed by atoms with E-state index < -0.39 is 31.0 Å². The molecule has 4 atom stereocenters. The molecule has 0 aromatic rings. The highest BCUT2D eigenvalue weighted by Gasteiger charge is 2.64. The van der Waals surface area contributed by atoms with Crippen molar-refractivity contribution in [3.63, 3.8) is 0 Å². The molecule has 4 fully saturated rings. The van der Waals surface area contributed by atoms with E-state index in [0.29, 0.717) is 0 Å². The second kappa shape index (κ2) is 5.37. The average Bonchev–Trinajstić information content (AvgIpc) is 2.41. The van der Waals surface area contributed by atoms with Crippen molar-refractivity contribution in [2.24, 2.45) is 10.8 Å². The first-order valence-electron chi connectivity index (χ1n) is 8.20. The highest BCUT2D eigenvalue weighted by atomic mass is 16.4. The van der Waals surface area contributed by atoms with Crippen LogP contribution in [0.3, 0.4) is 0 Å². The summed E-state index contributed by atoms with van der Waals surface area (Å²) in [5, 5.41) is 49.1. The minimum absolute atomic E-state index is 0.183. The van der Waals surface area contributed by atoms with E-state index in [1.165, 1.54) is 16.2 Å². The highest BCUT2D eigenvalue weighted by Crippen LogP contribution is 2.38. The number of aliphatic hydroxyl groups excluding tert-OH is 5. The molecule has 7 N–H and O–H groups in total. The third-order valence-electron chi connectivity index (χ3n) is 5.97. The summed E-state index contributed by atoms with van der Waals surface area (Å²) in [7, 11) is 0. The van der Waals surface area contributed by atoms with Crippen molar-refractivity contribution in [3.8, 4) is 0 Å². The standard InChI is InChI=1S/C15H28N2O5/c1-14-4-15(2)7-16(5-14)13(17(6-14)8-15)12(22)11(21)10(20)9(19)3-18/h9-13,18-22H,3-8H2,1-2H3/p+2/t9-,10-,11-,12-,13?,14?,15?/m1/s1. The molecule has 4 rings (SSSR count). The number of aliphatic hydroxyl groups is 5. The van der Waals surface area contributed by atoms with Gasteiger partial charge in [-0.05, 0) is 20.3 Å². The molecule has 0 aromatic carbocycles. The summed E-state index contributed by atoms with van der Waals surface area (Å²) < 4.78 is 0.